The number of nitrogens with zero attached hydrogens (tertiary/aromatic N) is 1. The van der Waals surface area contributed by atoms with E-state index in [0.717, 1.165) is 5.69 Å². The van der Waals surface area contributed by atoms with Crippen molar-refractivity contribution in [3.05, 3.63) is 89.2 Å². The Bertz CT molecular complexity index is 899. The summed E-state index contributed by atoms with van der Waals surface area (Å²) < 4.78 is 0. The Morgan fingerprint density at radius 2 is 1.00 bits per heavy atom. The second-order valence-corrected chi connectivity index (χ2v) is 6.53. The first-order chi connectivity index (χ1) is 11.5. The molecule has 0 N–H and O–H groups in total. The van der Waals surface area contributed by atoms with Crippen LogP contribution in [-0.4, -0.2) is 4.98 Å². The number of aryl methyl sites for hydroxylation is 4. The van der Waals surface area contributed by atoms with E-state index in [9.17, 15) is 0 Å². The van der Waals surface area contributed by atoms with Gasteiger partial charge in [0.15, 0.2) is 0 Å². The highest BCUT2D eigenvalue weighted by Gasteiger charge is 1.98. The van der Waals surface area contributed by atoms with E-state index in [4.69, 9.17) is 0 Å². The smallest absolute Gasteiger partial charge is 0.0372 e. The SMILES string of the molecule is Cc1ccc(C)nc1.Cc1ccc2cc3cc(C)ccc3cc2c1. The lowest BCUT2D eigenvalue weighted by molar-refractivity contribution is 1.17. The van der Waals surface area contributed by atoms with Crippen LogP contribution in [0.5, 0.6) is 0 Å². The number of aromatic nitrogens is 1. The maximum Gasteiger partial charge on any atom is 0.0372 e. The summed E-state index contributed by atoms with van der Waals surface area (Å²) in [6, 6.07) is 21.8. The minimum absolute atomic E-state index is 1.08. The molecule has 0 aliphatic heterocycles. The van der Waals surface area contributed by atoms with Crippen LogP contribution in [0.15, 0.2) is 66.9 Å². The minimum atomic E-state index is 1.08. The summed E-state index contributed by atoms with van der Waals surface area (Å²) in [5.74, 6) is 0. The van der Waals surface area contributed by atoms with Crippen LogP contribution in [0.2, 0.25) is 0 Å². The summed E-state index contributed by atoms with van der Waals surface area (Å²) >= 11 is 0. The average Bonchev–Trinajstić information content (AvgIpc) is 2.56. The van der Waals surface area contributed by atoms with Gasteiger partial charge in [-0.05, 0) is 73.0 Å². The molecule has 0 aliphatic carbocycles. The topological polar surface area (TPSA) is 12.9 Å². The molecular formula is C23H23N. The van der Waals surface area contributed by atoms with Crippen molar-refractivity contribution in [3.8, 4) is 0 Å². The molecule has 4 aromatic rings. The van der Waals surface area contributed by atoms with E-state index in [1.807, 2.05) is 26.1 Å². The molecule has 0 aliphatic rings. The number of hydrogen-bond donors (Lipinski definition) is 0. The Kier molecular flexibility index (Phi) is 4.61. The molecule has 0 fully saturated rings. The van der Waals surface area contributed by atoms with Gasteiger partial charge in [-0.1, -0.05) is 53.6 Å². The van der Waals surface area contributed by atoms with Crippen molar-refractivity contribution >= 4 is 21.5 Å². The van der Waals surface area contributed by atoms with E-state index in [0.29, 0.717) is 0 Å². The van der Waals surface area contributed by atoms with Crippen LogP contribution in [0.1, 0.15) is 22.4 Å². The molecule has 0 radical (unpaired) electrons. The lowest BCUT2D eigenvalue weighted by atomic mass is 10.0. The van der Waals surface area contributed by atoms with E-state index in [-0.39, 0.29) is 0 Å². The quantitative estimate of drug-likeness (QED) is 0.347. The molecule has 0 unspecified atom stereocenters. The second-order valence-electron chi connectivity index (χ2n) is 6.53. The first kappa shape index (κ1) is 16.2. The zero-order valence-electron chi connectivity index (χ0n) is 14.8. The molecule has 120 valence electrons. The molecule has 1 heteroatoms. The van der Waals surface area contributed by atoms with Gasteiger partial charge < -0.3 is 0 Å². The van der Waals surface area contributed by atoms with Crippen LogP contribution in [0, 0.1) is 27.7 Å². The highest BCUT2D eigenvalue weighted by molar-refractivity contribution is 5.98. The van der Waals surface area contributed by atoms with Crippen molar-refractivity contribution in [3.63, 3.8) is 0 Å². The predicted molar refractivity (Wildman–Crippen MR) is 105 cm³/mol. The average molecular weight is 313 g/mol. The van der Waals surface area contributed by atoms with Crippen molar-refractivity contribution in [1.29, 1.82) is 0 Å². The summed E-state index contributed by atoms with van der Waals surface area (Å²) in [4.78, 5) is 4.08. The third-order valence-corrected chi connectivity index (χ3v) is 4.17. The van der Waals surface area contributed by atoms with E-state index < -0.39 is 0 Å². The van der Waals surface area contributed by atoms with Gasteiger partial charge in [0.05, 0.1) is 0 Å². The van der Waals surface area contributed by atoms with Gasteiger partial charge in [-0.2, -0.15) is 0 Å². The summed E-state index contributed by atoms with van der Waals surface area (Å²) in [5, 5.41) is 5.31. The van der Waals surface area contributed by atoms with Gasteiger partial charge in [0.1, 0.15) is 0 Å². The lowest BCUT2D eigenvalue weighted by Crippen LogP contribution is -1.79. The molecule has 4 rings (SSSR count). The molecule has 0 bridgehead atoms. The van der Waals surface area contributed by atoms with Crippen LogP contribution < -0.4 is 0 Å². The van der Waals surface area contributed by atoms with Crippen LogP contribution >= 0.6 is 0 Å². The first-order valence-electron chi connectivity index (χ1n) is 8.31. The van der Waals surface area contributed by atoms with Crippen LogP contribution in [0.25, 0.3) is 21.5 Å². The maximum atomic E-state index is 4.08. The molecule has 0 atom stereocenters. The number of hydrogen-bond acceptors (Lipinski definition) is 1. The van der Waals surface area contributed by atoms with E-state index >= 15 is 0 Å². The maximum absolute atomic E-state index is 4.08. The predicted octanol–water partition coefficient (Wildman–Crippen LogP) is 6.31. The molecule has 0 saturated heterocycles. The highest BCUT2D eigenvalue weighted by atomic mass is 14.6. The Morgan fingerprint density at radius 1 is 0.500 bits per heavy atom. The van der Waals surface area contributed by atoms with Gasteiger partial charge in [0.25, 0.3) is 0 Å². The largest absolute Gasteiger partial charge is 0.261 e. The van der Waals surface area contributed by atoms with E-state index in [1.54, 1.807) is 0 Å². The second kappa shape index (κ2) is 6.84. The van der Waals surface area contributed by atoms with Crippen molar-refractivity contribution in [2.75, 3.05) is 0 Å². The molecule has 1 aromatic heterocycles. The first-order valence-corrected chi connectivity index (χ1v) is 8.31. The normalized spacial score (nSPS) is 10.5. The number of benzene rings is 3. The Balaban J connectivity index is 0.000000179. The monoisotopic (exact) mass is 313 g/mol. The Labute approximate surface area is 144 Å². The number of rotatable bonds is 0. The molecule has 0 amide bonds. The molecule has 0 saturated carbocycles. The zero-order chi connectivity index (χ0) is 17.1. The van der Waals surface area contributed by atoms with Crippen molar-refractivity contribution < 1.29 is 0 Å². The highest BCUT2D eigenvalue weighted by Crippen LogP contribution is 2.24. The third kappa shape index (κ3) is 3.80. The Hall–Kier alpha value is -2.67. The molecule has 3 aromatic carbocycles. The Morgan fingerprint density at radius 3 is 1.42 bits per heavy atom. The van der Waals surface area contributed by atoms with Gasteiger partial charge in [-0.15, -0.1) is 0 Å². The van der Waals surface area contributed by atoms with E-state index in [1.165, 1.54) is 38.2 Å². The molecule has 24 heavy (non-hydrogen) atoms. The van der Waals surface area contributed by atoms with Crippen LogP contribution in [0.3, 0.4) is 0 Å². The lowest BCUT2D eigenvalue weighted by Gasteiger charge is -2.04. The summed E-state index contributed by atoms with van der Waals surface area (Å²) in [7, 11) is 0. The van der Waals surface area contributed by atoms with Gasteiger partial charge in [0.2, 0.25) is 0 Å². The van der Waals surface area contributed by atoms with Gasteiger partial charge in [-0.3, -0.25) is 4.98 Å². The number of pyridine rings is 1. The van der Waals surface area contributed by atoms with Gasteiger partial charge in [-0.25, -0.2) is 0 Å². The molecular weight excluding hydrogens is 290 g/mol. The van der Waals surface area contributed by atoms with Crippen molar-refractivity contribution in [2.45, 2.75) is 27.7 Å². The fraction of sp³-hybridized carbons (Fsp3) is 0.174. The molecule has 1 heterocycles. The molecule has 0 spiro atoms. The summed E-state index contributed by atoms with van der Waals surface area (Å²) in [6.07, 6.45) is 1.87. The number of fused-ring (bicyclic) bond motifs is 2. The summed E-state index contributed by atoms with van der Waals surface area (Å²) in [5.41, 5.74) is 4.93. The van der Waals surface area contributed by atoms with Crippen molar-refractivity contribution in [2.24, 2.45) is 0 Å². The van der Waals surface area contributed by atoms with E-state index in [2.05, 4.69) is 73.4 Å². The van der Waals surface area contributed by atoms with Crippen LogP contribution in [0.4, 0.5) is 0 Å². The minimum Gasteiger partial charge on any atom is -0.261 e. The fourth-order valence-electron chi connectivity index (χ4n) is 2.78. The summed E-state index contributed by atoms with van der Waals surface area (Å²) in [6.45, 7) is 8.30. The van der Waals surface area contributed by atoms with Crippen molar-refractivity contribution in [1.82, 2.24) is 4.98 Å². The van der Waals surface area contributed by atoms with Gasteiger partial charge >= 0.3 is 0 Å². The fourth-order valence-corrected chi connectivity index (χ4v) is 2.78. The van der Waals surface area contributed by atoms with Crippen LogP contribution in [-0.2, 0) is 0 Å². The third-order valence-electron chi connectivity index (χ3n) is 4.17. The van der Waals surface area contributed by atoms with Gasteiger partial charge in [0, 0.05) is 11.9 Å². The molecule has 1 nitrogen and oxygen atoms in total. The zero-order valence-corrected chi connectivity index (χ0v) is 14.8. The standard InChI is InChI=1S/C16H14.C7H9N/c1-11-3-5-13-10-16-8-12(2)4-6-14(16)9-15(13)7-11;1-6-3-4-7(2)8-5-6/h3-10H,1-2H3;3-5H,1-2H3.